The average molecular weight is 492 g/mol. The SMILES string of the molecule is COc1cc(-c2oc3cc(O)cc(O)c3c(=O)c2O[C@H]2O[C@H](C(=O)O)[C@@H](O)[C@@H](O)[C@@H]2O)ccc1O. The van der Waals surface area contributed by atoms with Gasteiger partial charge in [-0.25, -0.2) is 4.79 Å². The fourth-order valence-corrected chi connectivity index (χ4v) is 3.65. The number of benzene rings is 2. The zero-order valence-corrected chi connectivity index (χ0v) is 17.9. The fourth-order valence-electron chi connectivity index (χ4n) is 3.65. The molecular formula is C22H20O13. The number of ether oxygens (including phenoxy) is 3. The van der Waals surface area contributed by atoms with Crippen molar-refractivity contribution in [3.8, 4) is 40.1 Å². The minimum atomic E-state index is -2.01. The Morgan fingerprint density at radius 1 is 0.971 bits per heavy atom. The van der Waals surface area contributed by atoms with Crippen molar-refractivity contribution in [3.63, 3.8) is 0 Å². The molecule has 1 aromatic heterocycles. The maximum atomic E-state index is 13.3. The largest absolute Gasteiger partial charge is 0.508 e. The lowest BCUT2D eigenvalue weighted by Crippen LogP contribution is -2.61. The molecule has 0 spiro atoms. The second kappa shape index (κ2) is 8.96. The van der Waals surface area contributed by atoms with E-state index in [0.717, 1.165) is 12.1 Å². The van der Waals surface area contributed by atoms with Gasteiger partial charge in [0.2, 0.25) is 17.5 Å². The summed E-state index contributed by atoms with van der Waals surface area (Å²) in [4.78, 5) is 24.8. The number of methoxy groups -OCH3 is 1. The third kappa shape index (κ3) is 4.17. The van der Waals surface area contributed by atoms with Gasteiger partial charge in [0.15, 0.2) is 23.4 Å². The van der Waals surface area contributed by atoms with E-state index in [1.54, 1.807) is 0 Å². The summed E-state index contributed by atoms with van der Waals surface area (Å²) in [5.41, 5.74) is -1.17. The highest BCUT2D eigenvalue weighted by molar-refractivity contribution is 5.88. The Hall–Kier alpha value is -4.04. The van der Waals surface area contributed by atoms with Gasteiger partial charge in [-0.1, -0.05) is 0 Å². The molecule has 0 saturated carbocycles. The Morgan fingerprint density at radius 3 is 2.34 bits per heavy atom. The number of aromatic hydroxyl groups is 3. The molecule has 186 valence electrons. The number of aliphatic hydroxyl groups excluding tert-OH is 3. The van der Waals surface area contributed by atoms with Crippen molar-refractivity contribution < 1.29 is 59.2 Å². The van der Waals surface area contributed by atoms with Crippen LogP contribution in [0.25, 0.3) is 22.3 Å². The number of hydrogen-bond acceptors (Lipinski definition) is 12. The number of fused-ring (bicyclic) bond motifs is 1. The standard InChI is InChI=1S/C22H20O13/c1-32-11-4-7(2-3-9(11)24)18-19(14(26)13-10(25)5-8(23)6-12(13)33-18)34-22-17(29)15(27)16(28)20(35-22)21(30)31/h2-6,15-17,20,22-25,27-29H,1H3,(H,30,31)/t15-,16+,17+,20+,22+/m1/s1. The summed E-state index contributed by atoms with van der Waals surface area (Å²) < 4.78 is 21.3. The molecule has 0 amide bonds. The van der Waals surface area contributed by atoms with Crippen LogP contribution in [0.15, 0.2) is 39.5 Å². The van der Waals surface area contributed by atoms with E-state index in [4.69, 9.17) is 18.6 Å². The average Bonchev–Trinajstić information content (AvgIpc) is 2.80. The van der Waals surface area contributed by atoms with Crippen LogP contribution in [0.4, 0.5) is 0 Å². The molecule has 0 bridgehead atoms. The fraction of sp³-hybridized carbons (Fsp3) is 0.273. The second-order valence-electron chi connectivity index (χ2n) is 7.67. The summed E-state index contributed by atoms with van der Waals surface area (Å²) in [6, 6.07) is 5.72. The highest BCUT2D eigenvalue weighted by Gasteiger charge is 2.48. The first-order valence-electron chi connectivity index (χ1n) is 10.0. The number of phenolic OH excluding ortho intramolecular Hbond substituents is 3. The highest BCUT2D eigenvalue weighted by Crippen LogP contribution is 2.39. The number of rotatable bonds is 5. The molecule has 35 heavy (non-hydrogen) atoms. The monoisotopic (exact) mass is 492 g/mol. The predicted octanol–water partition coefficient (Wildman–Crippen LogP) is -0.144. The second-order valence-corrected chi connectivity index (χ2v) is 7.67. The molecule has 4 rings (SSSR count). The van der Waals surface area contributed by atoms with Crippen molar-refractivity contribution in [3.05, 3.63) is 40.6 Å². The van der Waals surface area contributed by atoms with Gasteiger partial charge in [-0.3, -0.25) is 4.79 Å². The van der Waals surface area contributed by atoms with E-state index >= 15 is 0 Å². The van der Waals surface area contributed by atoms with Gasteiger partial charge < -0.3 is 54.4 Å². The molecule has 2 aromatic carbocycles. The van der Waals surface area contributed by atoms with Crippen molar-refractivity contribution in [2.75, 3.05) is 7.11 Å². The van der Waals surface area contributed by atoms with E-state index in [2.05, 4.69) is 0 Å². The van der Waals surface area contributed by atoms with Crippen LogP contribution in [0.1, 0.15) is 0 Å². The summed E-state index contributed by atoms with van der Waals surface area (Å²) in [5.74, 6) is -4.04. The molecule has 1 fully saturated rings. The van der Waals surface area contributed by atoms with Gasteiger partial charge in [0.25, 0.3) is 0 Å². The van der Waals surface area contributed by atoms with Crippen LogP contribution in [-0.4, -0.2) is 79.5 Å². The molecule has 2 heterocycles. The molecule has 13 heteroatoms. The summed E-state index contributed by atoms with van der Waals surface area (Å²) in [6.07, 6.45) is -9.97. The summed E-state index contributed by atoms with van der Waals surface area (Å²) in [5, 5.41) is 69.1. The Bertz CT molecular complexity index is 1350. The molecular weight excluding hydrogens is 472 g/mol. The molecule has 1 aliphatic heterocycles. The van der Waals surface area contributed by atoms with Gasteiger partial charge in [-0.15, -0.1) is 0 Å². The summed E-state index contributed by atoms with van der Waals surface area (Å²) >= 11 is 0. The van der Waals surface area contributed by atoms with E-state index in [9.17, 15) is 45.3 Å². The number of aliphatic carboxylic acids is 1. The number of aliphatic hydroxyl groups is 3. The Morgan fingerprint density at radius 2 is 1.69 bits per heavy atom. The lowest BCUT2D eigenvalue weighted by molar-refractivity contribution is -0.271. The summed E-state index contributed by atoms with van der Waals surface area (Å²) in [7, 11) is 1.27. The number of phenols is 3. The van der Waals surface area contributed by atoms with Gasteiger partial charge >= 0.3 is 5.97 Å². The molecule has 13 nitrogen and oxygen atoms in total. The molecule has 1 saturated heterocycles. The molecule has 0 aliphatic carbocycles. The maximum Gasteiger partial charge on any atom is 0.335 e. The Kier molecular flexibility index (Phi) is 6.17. The van der Waals surface area contributed by atoms with Crippen molar-refractivity contribution in [2.45, 2.75) is 30.7 Å². The molecule has 3 aromatic rings. The van der Waals surface area contributed by atoms with Crippen LogP contribution in [0.2, 0.25) is 0 Å². The first-order valence-corrected chi connectivity index (χ1v) is 10.0. The molecule has 7 N–H and O–H groups in total. The van der Waals surface area contributed by atoms with Crippen LogP contribution in [-0.2, 0) is 9.53 Å². The van der Waals surface area contributed by atoms with Gasteiger partial charge in [-0.05, 0) is 18.2 Å². The van der Waals surface area contributed by atoms with Crippen molar-refractivity contribution in [2.24, 2.45) is 0 Å². The zero-order chi connectivity index (χ0) is 25.6. The van der Waals surface area contributed by atoms with Crippen molar-refractivity contribution >= 4 is 16.9 Å². The predicted molar refractivity (Wildman–Crippen MR) is 114 cm³/mol. The Balaban J connectivity index is 1.92. The van der Waals surface area contributed by atoms with Crippen LogP contribution in [0.3, 0.4) is 0 Å². The van der Waals surface area contributed by atoms with E-state index in [-0.39, 0.29) is 28.4 Å². The van der Waals surface area contributed by atoms with E-state index in [1.165, 1.54) is 25.3 Å². The molecule has 5 atom stereocenters. The third-order valence-corrected chi connectivity index (χ3v) is 5.41. The number of carbonyl (C=O) groups is 1. The van der Waals surface area contributed by atoms with Crippen molar-refractivity contribution in [1.29, 1.82) is 0 Å². The van der Waals surface area contributed by atoms with Crippen LogP contribution >= 0.6 is 0 Å². The van der Waals surface area contributed by atoms with Gasteiger partial charge in [0.1, 0.15) is 40.8 Å². The van der Waals surface area contributed by atoms with E-state index in [1.807, 2.05) is 0 Å². The van der Waals surface area contributed by atoms with Gasteiger partial charge in [-0.2, -0.15) is 0 Å². The van der Waals surface area contributed by atoms with E-state index < -0.39 is 64.7 Å². The molecule has 0 radical (unpaired) electrons. The normalized spacial score (nSPS) is 24.3. The number of hydrogen-bond donors (Lipinski definition) is 7. The van der Waals surface area contributed by atoms with E-state index in [0.29, 0.717) is 0 Å². The lowest BCUT2D eigenvalue weighted by Gasteiger charge is -2.38. The van der Waals surface area contributed by atoms with Crippen molar-refractivity contribution in [1.82, 2.24) is 0 Å². The van der Waals surface area contributed by atoms with Gasteiger partial charge in [0, 0.05) is 17.7 Å². The Labute approximate surface area is 195 Å². The smallest absolute Gasteiger partial charge is 0.335 e. The topological polar surface area (TPSA) is 217 Å². The highest BCUT2D eigenvalue weighted by atomic mass is 16.7. The van der Waals surface area contributed by atoms with Crippen LogP contribution < -0.4 is 14.9 Å². The first kappa shape index (κ1) is 24.1. The lowest BCUT2D eigenvalue weighted by atomic mass is 9.99. The third-order valence-electron chi connectivity index (χ3n) is 5.41. The zero-order valence-electron chi connectivity index (χ0n) is 17.9. The maximum absolute atomic E-state index is 13.3. The number of carboxylic acid groups (broad SMARTS) is 1. The quantitative estimate of drug-likeness (QED) is 0.247. The van der Waals surface area contributed by atoms with Crippen LogP contribution in [0.5, 0.6) is 28.7 Å². The molecule has 1 aliphatic rings. The minimum Gasteiger partial charge on any atom is -0.508 e. The van der Waals surface area contributed by atoms with Crippen LogP contribution in [0, 0.1) is 0 Å². The summed E-state index contributed by atoms with van der Waals surface area (Å²) in [6.45, 7) is 0. The molecule has 0 unspecified atom stereocenters. The van der Waals surface area contributed by atoms with Gasteiger partial charge in [0.05, 0.1) is 7.11 Å². The minimum absolute atomic E-state index is 0.0200. The first-order chi connectivity index (χ1) is 16.5. The number of carboxylic acids is 1.